The highest BCUT2D eigenvalue weighted by Gasteiger charge is 2.20. The van der Waals surface area contributed by atoms with E-state index in [1.807, 2.05) is 0 Å². The second-order valence-electron chi connectivity index (χ2n) is 4.06. The summed E-state index contributed by atoms with van der Waals surface area (Å²) >= 11 is 0. The standard InChI is InChI=1S/C11H14N4O3S/c1-13-10(16)4-5-19(17,18)11-14-8-3-2-7(12)6-9(8)15-11/h2-3,6H,4-5,12H2,1H3,(H,13,16)(H,14,15). The summed E-state index contributed by atoms with van der Waals surface area (Å²) in [7, 11) is -2.15. The zero-order valence-corrected chi connectivity index (χ0v) is 11.1. The van der Waals surface area contributed by atoms with Crippen LogP contribution >= 0.6 is 0 Å². The lowest BCUT2D eigenvalue weighted by Crippen LogP contribution is -2.21. The van der Waals surface area contributed by atoms with E-state index in [1.165, 1.54) is 7.05 Å². The van der Waals surface area contributed by atoms with E-state index in [0.717, 1.165) is 0 Å². The fourth-order valence-corrected chi connectivity index (χ4v) is 2.75. The molecule has 0 aliphatic carbocycles. The SMILES string of the molecule is CNC(=O)CCS(=O)(=O)c1nc2ccc(N)cc2[nH]1. The van der Waals surface area contributed by atoms with Gasteiger partial charge in [0.05, 0.1) is 16.8 Å². The summed E-state index contributed by atoms with van der Waals surface area (Å²) in [5.41, 5.74) is 7.20. The summed E-state index contributed by atoms with van der Waals surface area (Å²) in [6.07, 6.45) is -0.0992. The minimum Gasteiger partial charge on any atom is -0.399 e. The van der Waals surface area contributed by atoms with E-state index in [9.17, 15) is 13.2 Å². The molecule has 8 heteroatoms. The van der Waals surface area contributed by atoms with E-state index in [-0.39, 0.29) is 23.2 Å². The molecule has 19 heavy (non-hydrogen) atoms. The van der Waals surface area contributed by atoms with Crippen molar-refractivity contribution < 1.29 is 13.2 Å². The van der Waals surface area contributed by atoms with Gasteiger partial charge < -0.3 is 16.0 Å². The van der Waals surface area contributed by atoms with Gasteiger partial charge in [0.15, 0.2) is 0 Å². The summed E-state index contributed by atoms with van der Waals surface area (Å²) in [4.78, 5) is 17.8. The van der Waals surface area contributed by atoms with Crippen molar-refractivity contribution in [1.82, 2.24) is 15.3 Å². The number of aromatic amines is 1. The van der Waals surface area contributed by atoms with E-state index in [1.54, 1.807) is 18.2 Å². The Morgan fingerprint density at radius 3 is 2.89 bits per heavy atom. The number of carbonyl (C=O) groups excluding carboxylic acids is 1. The largest absolute Gasteiger partial charge is 0.399 e. The highest BCUT2D eigenvalue weighted by atomic mass is 32.2. The monoisotopic (exact) mass is 282 g/mol. The molecule has 1 amide bonds. The van der Waals surface area contributed by atoms with Crippen LogP contribution in [-0.2, 0) is 14.6 Å². The Morgan fingerprint density at radius 2 is 2.21 bits per heavy atom. The highest BCUT2D eigenvalue weighted by Crippen LogP contribution is 2.18. The van der Waals surface area contributed by atoms with Gasteiger partial charge in [0.1, 0.15) is 0 Å². The summed E-state index contributed by atoms with van der Waals surface area (Å²) in [5, 5.41) is 2.23. The second kappa shape index (κ2) is 4.88. The number of H-pyrrole nitrogens is 1. The van der Waals surface area contributed by atoms with Gasteiger partial charge in [-0.15, -0.1) is 0 Å². The zero-order valence-electron chi connectivity index (χ0n) is 10.3. The van der Waals surface area contributed by atoms with E-state index >= 15 is 0 Å². The Hall–Kier alpha value is -2.09. The van der Waals surface area contributed by atoms with Crippen molar-refractivity contribution >= 4 is 32.5 Å². The summed E-state index contributed by atoms with van der Waals surface area (Å²) in [6.45, 7) is 0. The van der Waals surface area contributed by atoms with Crippen LogP contribution in [-0.4, -0.2) is 37.1 Å². The van der Waals surface area contributed by atoms with Crippen LogP contribution in [0.5, 0.6) is 0 Å². The first-order valence-corrected chi connectivity index (χ1v) is 7.26. The number of benzene rings is 1. The average Bonchev–Trinajstić information content (AvgIpc) is 2.79. The second-order valence-corrected chi connectivity index (χ2v) is 6.09. The lowest BCUT2D eigenvalue weighted by atomic mass is 10.3. The fraction of sp³-hybridized carbons (Fsp3) is 0.273. The molecule has 0 aliphatic rings. The molecule has 1 aromatic carbocycles. The van der Waals surface area contributed by atoms with Crippen LogP contribution < -0.4 is 11.1 Å². The van der Waals surface area contributed by atoms with Crippen molar-refractivity contribution in [1.29, 1.82) is 0 Å². The van der Waals surface area contributed by atoms with Crippen molar-refractivity contribution in [3.05, 3.63) is 18.2 Å². The molecule has 0 saturated carbocycles. The first kappa shape index (κ1) is 13.3. The third kappa shape index (κ3) is 2.84. The number of fused-ring (bicyclic) bond motifs is 1. The van der Waals surface area contributed by atoms with Gasteiger partial charge in [-0.1, -0.05) is 0 Å². The Bertz CT molecular complexity index is 721. The number of nitrogen functional groups attached to an aromatic ring is 1. The topological polar surface area (TPSA) is 118 Å². The molecular weight excluding hydrogens is 268 g/mol. The minimum absolute atomic E-state index is 0.0992. The normalized spacial score (nSPS) is 11.6. The fourth-order valence-electron chi connectivity index (χ4n) is 1.60. The van der Waals surface area contributed by atoms with Gasteiger partial charge in [-0.25, -0.2) is 13.4 Å². The third-order valence-corrected chi connectivity index (χ3v) is 4.18. The van der Waals surface area contributed by atoms with E-state index < -0.39 is 9.84 Å². The number of sulfone groups is 1. The van der Waals surface area contributed by atoms with E-state index in [4.69, 9.17) is 5.73 Å². The average molecular weight is 282 g/mol. The van der Waals surface area contributed by atoms with Gasteiger partial charge in [-0.2, -0.15) is 0 Å². The molecule has 0 bridgehead atoms. The predicted octanol–water partition coefficient (Wildman–Crippen LogP) is 0.0549. The number of amides is 1. The van der Waals surface area contributed by atoms with Crippen molar-refractivity contribution in [2.75, 3.05) is 18.5 Å². The number of hydrogen-bond donors (Lipinski definition) is 3. The molecule has 1 heterocycles. The molecule has 0 spiro atoms. The van der Waals surface area contributed by atoms with Gasteiger partial charge in [0.25, 0.3) is 0 Å². The van der Waals surface area contributed by atoms with Crippen molar-refractivity contribution in [3.63, 3.8) is 0 Å². The van der Waals surface area contributed by atoms with Crippen LogP contribution in [0.25, 0.3) is 11.0 Å². The van der Waals surface area contributed by atoms with Gasteiger partial charge >= 0.3 is 0 Å². The molecule has 0 radical (unpaired) electrons. The number of rotatable bonds is 4. The smallest absolute Gasteiger partial charge is 0.226 e. The van der Waals surface area contributed by atoms with E-state index in [0.29, 0.717) is 16.7 Å². The quantitative estimate of drug-likeness (QED) is 0.685. The highest BCUT2D eigenvalue weighted by molar-refractivity contribution is 7.91. The van der Waals surface area contributed by atoms with Crippen LogP contribution in [0.3, 0.4) is 0 Å². The Balaban J connectivity index is 2.30. The Labute approximate surface area is 110 Å². The summed E-state index contributed by atoms with van der Waals surface area (Å²) < 4.78 is 24.0. The molecular formula is C11H14N4O3S. The molecule has 1 aromatic heterocycles. The maximum atomic E-state index is 12.0. The molecule has 0 atom stereocenters. The van der Waals surface area contributed by atoms with E-state index in [2.05, 4.69) is 15.3 Å². The molecule has 0 fully saturated rings. The van der Waals surface area contributed by atoms with Gasteiger partial charge in [-0.3, -0.25) is 4.79 Å². The zero-order chi connectivity index (χ0) is 14.0. The molecule has 0 unspecified atom stereocenters. The minimum atomic E-state index is -3.61. The lowest BCUT2D eigenvalue weighted by molar-refractivity contribution is -0.120. The van der Waals surface area contributed by atoms with Gasteiger partial charge in [-0.05, 0) is 18.2 Å². The number of aromatic nitrogens is 2. The Kier molecular flexibility index (Phi) is 3.43. The lowest BCUT2D eigenvalue weighted by Gasteiger charge is -2.00. The van der Waals surface area contributed by atoms with Crippen molar-refractivity contribution in [2.45, 2.75) is 11.6 Å². The first-order chi connectivity index (χ1) is 8.92. The molecule has 2 aromatic rings. The molecule has 7 nitrogen and oxygen atoms in total. The van der Waals surface area contributed by atoms with Gasteiger partial charge in [0, 0.05) is 19.2 Å². The number of hydrogen-bond acceptors (Lipinski definition) is 5. The van der Waals surface area contributed by atoms with Crippen molar-refractivity contribution in [3.8, 4) is 0 Å². The molecule has 0 saturated heterocycles. The predicted molar refractivity (Wildman–Crippen MR) is 71.2 cm³/mol. The summed E-state index contributed by atoms with van der Waals surface area (Å²) in [5.74, 6) is -0.619. The molecule has 0 aliphatic heterocycles. The molecule has 102 valence electrons. The number of nitrogens with one attached hydrogen (secondary N) is 2. The number of anilines is 1. The molecule has 2 rings (SSSR count). The third-order valence-electron chi connectivity index (χ3n) is 2.66. The number of nitrogens with two attached hydrogens (primary N) is 1. The number of imidazole rings is 1. The first-order valence-electron chi connectivity index (χ1n) is 5.61. The van der Waals surface area contributed by atoms with Crippen LogP contribution in [0.15, 0.2) is 23.4 Å². The van der Waals surface area contributed by atoms with Crippen LogP contribution in [0.2, 0.25) is 0 Å². The molecule has 4 N–H and O–H groups in total. The maximum absolute atomic E-state index is 12.0. The maximum Gasteiger partial charge on any atom is 0.226 e. The van der Waals surface area contributed by atoms with Crippen molar-refractivity contribution in [2.24, 2.45) is 0 Å². The van der Waals surface area contributed by atoms with Gasteiger partial charge in [0.2, 0.25) is 20.9 Å². The number of carbonyl (C=O) groups is 1. The Morgan fingerprint density at radius 1 is 1.47 bits per heavy atom. The van der Waals surface area contributed by atoms with Crippen LogP contribution in [0, 0.1) is 0 Å². The number of nitrogens with zero attached hydrogens (tertiary/aromatic N) is 1. The summed E-state index contributed by atoms with van der Waals surface area (Å²) in [6, 6.07) is 4.89. The van der Waals surface area contributed by atoms with Crippen LogP contribution in [0.1, 0.15) is 6.42 Å². The van der Waals surface area contributed by atoms with Crippen LogP contribution in [0.4, 0.5) is 5.69 Å².